The van der Waals surface area contributed by atoms with E-state index in [9.17, 15) is 0 Å². The number of aryl methyl sites for hydroxylation is 4. The Hall–Kier alpha value is -5.25. The molecular formula is C44H33BN4Pt. The van der Waals surface area contributed by atoms with Crippen molar-refractivity contribution in [3.63, 3.8) is 0 Å². The molecule has 0 atom stereocenters. The molecule has 242 valence electrons. The molecule has 7 aromatic rings. The molecule has 0 radical (unpaired) electrons. The van der Waals surface area contributed by atoms with Gasteiger partial charge in [0.15, 0.2) is 0 Å². The van der Waals surface area contributed by atoms with Crippen LogP contribution in [0.5, 0.6) is 0 Å². The minimum absolute atomic E-state index is 0. The molecule has 0 unspecified atom stereocenters. The Bertz CT molecular complexity index is 2210. The van der Waals surface area contributed by atoms with Gasteiger partial charge in [-0.25, -0.2) is 0 Å². The van der Waals surface area contributed by atoms with Crippen molar-refractivity contribution in [3.05, 3.63) is 162 Å². The molecule has 2 aliphatic heterocycles. The first-order valence-corrected chi connectivity index (χ1v) is 16.8. The average Bonchev–Trinajstić information content (AvgIpc) is 3.11. The second kappa shape index (κ2) is 12.6. The molecule has 0 bridgehead atoms. The van der Waals surface area contributed by atoms with E-state index >= 15 is 0 Å². The summed E-state index contributed by atoms with van der Waals surface area (Å²) in [5, 5.41) is 0. The van der Waals surface area contributed by atoms with E-state index in [-0.39, 0.29) is 27.8 Å². The van der Waals surface area contributed by atoms with E-state index in [0.717, 1.165) is 67.6 Å². The van der Waals surface area contributed by atoms with Crippen molar-refractivity contribution in [3.8, 4) is 22.5 Å². The van der Waals surface area contributed by atoms with Gasteiger partial charge in [-0.3, -0.25) is 0 Å². The molecule has 9 rings (SSSR count). The summed E-state index contributed by atoms with van der Waals surface area (Å²) < 4.78 is 0. The maximum Gasteiger partial charge on any atom is 2.00 e. The van der Waals surface area contributed by atoms with Crippen molar-refractivity contribution in [2.45, 2.75) is 27.7 Å². The van der Waals surface area contributed by atoms with Crippen LogP contribution in [0.4, 0.5) is 34.1 Å². The number of nitrogens with zero attached hydrogens (tertiary/aromatic N) is 4. The molecule has 0 aliphatic carbocycles. The third kappa shape index (κ3) is 5.29. The molecule has 0 saturated carbocycles. The van der Waals surface area contributed by atoms with Crippen LogP contribution in [0.25, 0.3) is 22.5 Å². The normalized spacial score (nSPS) is 12.5. The zero-order valence-corrected chi connectivity index (χ0v) is 30.6. The van der Waals surface area contributed by atoms with Gasteiger partial charge in [-0.05, 0) is 127 Å². The van der Waals surface area contributed by atoms with Crippen LogP contribution in [-0.4, -0.2) is 16.7 Å². The fraction of sp³-hybridized carbons (Fsp3) is 0.0909. The Labute approximate surface area is 308 Å². The summed E-state index contributed by atoms with van der Waals surface area (Å²) in [6, 6.07) is 49.1. The summed E-state index contributed by atoms with van der Waals surface area (Å²) in [6.45, 7) is 8.58. The van der Waals surface area contributed by atoms with Crippen LogP contribution in [0.15, 0.2) is 128 Å². The van der Waals surface area contributed by atoms with Crippen LogP contribution in [0.3, 0.4) is 0 Å². The minimum atomic E-state index is -0.118. The number of rotatable bonds is 4. The molecule has 0 amide bonds. The molecule has 6 heteroatoms. The van der Waals surface area contributed by atoms with Crippen LogP contribution in [0, 0.1) is 39.8 Å². The summed E-state index contributed by atoms with van der Waals surface area (Å²) in [6.07, 6.45) is 3.70. The molecule has 0 spiro atoms. The molecule has 4 nitrogen and oxygen atoms in total. The van der Waals surface area contributed by atoms with Crippen molar-refractivity contribution in [2.24, 2.45) is 0 Å². The van der Waals surface area contributed by atoms with Gasteiger partial charge in [0, 0.05) is 35.1 Å². The van der Waals surface area contributed by atoms with Gasteiger partial charge in [0.2, 0.25) is 6.71 Å². The van der Waals surface area contributed by atoms with Gasteiger partial charge in [-0.1, -0.05) is 42.5 Å². The summed E-state index contributed by atoms with van der Waals surface area (Å²) >= 11 is 0. The molecule has 0 N–H and O–H groups in total. The van der Waals surface area contributed by atoms with Crippen LogP contribution < -0.4 is 26.2 Å². The molecule has 0 saturated heterocycles. The van der Waals surface area contributed by atoms with Crippen LogP contribution in [0.1, 0.15) is 22.3 Å². The predicted molar refractivity (Wildman–Crippen MR) is 204 cm³/mol. The van der Waals surface area contributed by atoms with Crippen LogP contribution in [-0.2, 0) is 21.1 Å². The van der Waals surface area contributed by atoms with Crippen LogP contribution >= 0.6 is 0 Å². The molecule has 5 aromatic carbocycles. The van der Waals surface area contributed by atoms with E-state index in [1.54, 1.807) is 0 Å². The molecule has 0 fully saturated rings. The number of aromatic nitrogens is 2. The summed E-state index contributed by atoms with van der Waals surface area (Å²) in [5.41, 5.74) is 19.0. The maximum atomic E-state index is 4.72. The SMILES string of the molecule is Cc1cc(C)cc(N2c3ccc(-c4ccccn4)[c-]c3B3c4[c-]c(-c5ccccn5)ccc4N(c4cc(C)cc(C)c4)c4cccc2c43)c1.[Pt+2]. The van der Waals surface area contributed by atoms with E-state index in [2.05, 4.69) is 141 Å². The Morgan fingerprint density at radius 3 is 1.32 bits per heavy atom. The van der Waals surface area contributed by atoms with Gasteiger partial charge >= 0.3 is 21.1 Å². The largest absolute Gasteiger partial charge is 2.00 e. The van der Waals surface area contributed by atoms with Crippen molar-refractivity contribution in [2.75, 3.05) is 9.80 Å². The van der Waals surface area contributed by atoms with Crippen molar-refractivity contribution >= 4 is 57.2 Å². The number of benzene rings is 5. The number of hydrogen-bond acceptors (Lipinski definition) is 4. The Kier molecular flexibility index (Phi) is 8.04. The molecule has 4 heterocycles. The van der Waals surface area contributed by atoms with Crippen molar-refractivity contribution in [1.29, 1.82) is 0 Å². The molecular weight excluding hydrogens is 790 g/mol. The fourth-order valence-electron chi connectivity index (χ4n) is 7.81. The summed E-state index contributed by atoms with van der Waals surface area (Å²) in [4.78, 5) is 14.3. The average molecular weight is 824 g/mol. The van der Waals surface area contributed by atoms with E-state index in [1.165, 1.54) is 27.7 Å². The van der Waals surface area contributed by atoms with Gasteiger partial charge in [-0.15, -0.1) is 58.5 Å². The zero-order chi connectivity index (χ0) is 33.2. The number of pyridine rings is 2. The van der Waals surface area contributed by atoms with Gasteiger partial charge in [-0.2, -0.15) is 0 Å². The van der Waals surface area contributed by atoms with E-state index in [0.29, 0.717) is 0 Å². The first kappa shape index (κ1) is 32.0. The van der Waals surface area contributed by atoms with Gasteiger partial charge in [0.1, 0.15) is 0 Å². The molecule has 50 heavy (non-hydrogen) atoms. The van der Waals surface area contributed by atoms with E-state index in [1.807, 2.05) is 36.7 Å². The third-order valence-corrected chi connectivity index (χ3v) is 9.61. The van der Waals surface area contributed by atoms with Crippen molar-refractivity contribution < 1.29 is 21.1 Å². The summed E-state index contributed by atoms with van der Waals surface area (Å²) in [5.74, 6) is 0. The second-order valence-corrected chi connectivity index (χ2v) is 13.3. The van der Waals surface area contributed by atoms with E-state index in [4.69, 9.17) is 9.97 Å². The summed E-state index contributed by atoms with van der Waals surface area (Å²) in [7, 11) is 0. The number of anilines is 6. The van der Waals surface area contributed by atoms with Crippen molar-refractivity contribution in [1.82, 2.24) is 9.97 Å². The van der Waals surface area contributed by atoms with Gasteiger partial charge in [0.05, 0.1) is 0 Å². The zero-order valence-electron chi connectivity index (χ0n) is 28.3. The van der Waals surface area contributed by atoms with Gasteiger partial charge in [0.25, 0.3) is 0 Å². The smallest absolute Gasteiger partial charge is 0.352 e. The fourth-order valence-corrected chi connectivity index (χ4v) is 7.81. The quantitative estimate of drug-likeness (QED) is 0.131. The Morgan fingerprint density at radius 1 is 0.480 bits per heavy atom. The topological polar surface area (TPSA) is 32.3 Å². The number of fused-ring (bicyclic) bond motifs is 4. The third-order valence-electron chi connectivity index (χ3n) is 9.61. The monoisotopic (exact) mass is 823 g/mol. The predicted octanol–water partition coefficient (Wildman–Crippen LogP) is 8.72. The van der Waals surface area contributed by atoms with Gasteiger partial charge < -0.3 is 19.8 Å². The minimum Gasteiger partial charge on any atom is -0.352 e. The second-order valence-electron chi connectivity index (χ2n) is 13.3. The van der Waals surface area contributed by atoms with E-state index < -0.39 is 0 Å². The first-order chi connectivity index (χ1) is 23.9. The van der Waals surface area contributed by atoms with Crippen LogP contribution in [0.2, 0.25) is 0 Å². The Morgan fingerprint density at radius 2 is 0.920 bits per heavy atom. The molecule has 2 aliphatic rings. The number of hydrogen-bond donors (Lipinski definition) is 0. The standard InChI is InChI=1S/C44H33BN4.Pt/c1-28-20-29(2)23-34(22-28)48-40-16-14-32(38-10-5-7-18-46-38)26-36(40)45-37-27-33(39-11-6-8-19-47-39)15-17-41(37)49(35-24-30(3)21-31(4)25-35)43-13-9-12-42(48)44(43)45;/h5-25H,1-4H3;/q-2;+2. The first-order valence-electron chi connectivity index (χ1n) is 16.8. The maximum absolute atomic E-state index is 4.72. The molecule has 2 aromatic heterocycles. The Balaban J connectivity index is 0.00000361.